The third-order valence-electron chi connectivity index (χ3n) is 8.15. The molecular weight excluding hydrogens is 508 g/mol. The van der Waals surface area contributed by atoms with Crippen molar-refractivity contribution in [1.82, 2.24) is 19.5 Å². The fraction of sp³-hybridized carbons (Fsp3) is 0.423. The summed E-state index contributed by atoms with van der Waals surface area (Å²) in [6.45, 7) is 2.07. The summed E-state index contributed by atoms with van der Waals surface area (Å²) in [6.07, 6.45) is 4.83. The third kappa shape index (κ3) is 3.51. The number of pyridine rings is 1. The topological polar surface area (TPSA) is 136 Å². The molecule has 8 nitrogen and oxygen atoms in total. The largest absolute Gasteiger partial charge is 0.390 e. The van der Waals surface area contributed by atoms with Gasteiger partial charge in [-0.2, -0.15) is 0 Å². The summed E-state index contributed by atoms with van der Waals surface area (Å²) in [5, 5.41) is 24.4. The monoisotopic (exact) mass is 536 g/mol. The van der Waals surface area contributed by atoms with E-state index in [1.165, 1.54) is 17.6 Å². The fourth-order valence-corrected chi connectivity index (χ4v) is 6.57. The van der Waals surface area contributed by atoms with Crippen molar-refractivity contribution in [2.45, 2.75) is 63.7 Å². The van der Waals surface area contributed by atoms with Crippen molar-refractivity contribution in [1.29, 1.82) is 0 Å². The number of aromatic nitrogens is 4. The quantitative estimate of drug-likeness (QED) is 0.312. The summed E-state index contributed by atoms with van der Waals surface area (Å²) in [5.41, 5.74) is 16.9. The molecule has 6 N–H and O–H groups in total. The van der Waals surface area contributed by atoms with Crippen molar-refractivity contribution in [2.24, 2.45) is 5.41 Å². The zero-order chi connectivity index (χ0) is 24.5. The van der Waals surface area contributed by atoms with Gasteiger partial charge < -0.3 is 26.2 Å². The van der Waals surface area contributed by atoms with Gasteiger partial charge in [0.25, 0.3) is 0 Å². The number of benzene rings is 1. The van der Waals surface area contributed by atoms with Crippen molar-refractivity contribution >= 4 is 49.5 Å². The lowest BCUT2D eigenvalue weighted by molar-refractivity contribution is -0.0243. The van der Waals surface area contributed by atoms with Crippen molar-refractivity contribution < 1.29 is 10.2 Å². The number of nitrogen functional groups attached to an aromatic ring is 2. The van der Waals surface area contributed by atoms with Gasteiger partial charge in [0.1, 0.15) is 29.7 Å². The average Bonchev–Trinajstić information content (AvgIpc) is 3.48. The Hall–Kier alpha value is -2.75. The Morgan fingerprint density at radius 2 is 1.97 bits per heavy atom. The first-order valence-corrected chi connectivity index (χ1v) is 12.9. The molecule has 0 aliphatic heterocycles. The van der Waals surface area contributed by atoms with E-state index in [1.54, 1.807) is 0 Å². The molecule has 1 fully saturated rings. The molecule has 3 heterocycles. The number of nitrogens with zero attached hydrogens (tertiary/aromatic N) is 4. The van der Waals surface area contributed by atoms with Gasteiger partial charge in [-0.25, -0.2) is 15.0 Å². The highest BCUT2D eigenvalue weighted by Crippen LogP contribution is 2.50. The average molecular weight is 537 g/mol. The van der Waals surface area contributed by atoms with E-state index < -0.39 is 17.6 Å². The number of nitrogens with two attached hydrogens (primary N) is 2. The summed E-state index contributed by atoms with van der Waals surface area (Å²) in [6, 6.07) is 7.91. The van der Waals surface area contributed by atoms with Crippen LogP contribution in [0, 0.1) is 5.41 Å². The predicted octanol–water partition coefficient (Wildman–Crippen LogP) is 3.70. The molecule has 1 aromatic carbocycles. The van der Waals surface area contributed by atoms with Crippen LogP contribution in [0.4, 0.5) is 11.6 Å². The molecule has 3 aromatic heterocycles. The van der Waals surface area contributed by atoms with Crippen LogP contribution in [0.5, 0.6) is 0 Å². The van der Waals surface area contributed by atoms with Crippen molar-refractivity contribution in [3.05, 3.63) is 51.9 Å². The van der Waals surface area contributed by atoms with E-state index in [0.717, 1.165) is 64.1 Å². The molecule has 0 spiro atoms. The number of rotatable bonds is 4. The molecule has 6 rings (SSSR count). The van der Waals surface area contributed by atoms with Gasteiger partial charge >= 0.3 is 0 Å². The zero-order valence-electron chi connectivity index (χ0n) is 19.6. The summed E-state index contributed by atoms with van der Waals surface area (Å²) in [7, 11) is 0. The van der Waals surface area contributed by atoms with Crippen LogP contribution < -0.4 is 11.5 Å². The summed E-state index contributed by atoms with van der Waals surface area (Å²) < 4.78 is 2.94. The van der Waals surface area contributed by atoms with Crippen LogP contribution in [-0.2, 0) is 19.3 Å². The molecule has 182 valence electrons. The minimum absolute atomic E-state index is 0.260. The van der Waals surface area contributed by atoms with Gasteiger partial charge in [-0.15, -0.1) is 0 Å². The molecule has 0 bridgehead atoms. The molecule has 9 heteroatoms. The third-order valence-corrected chi connectivity index (χ3v) is 8.79. The van der Waals surface area contributed by atoms with E-state index in [1.807, 2.05) is 12.1 Å². The normalized spacial score (nSPS) is 26.1. The number of fused-ring (bicyclic) bond motifs is 4. The second-order valence-electron chi connectivity index (χ2n) is 10.3. The number of anilines is 2. The standard InChI is InChI=1S/C26H29BrN6O2/c1-26(8-7-13-5-6-14-10-16(27)23(28)32-17(14)9-13)11-19(21(34)22(26)35)33-18-4-2-3-15(18)20-24(29)30-12-31-25(20)33/h5-6,9-10,12,19,21-22,34-35H,2-4,7-8,11H2,1H3,(H2,28,32)(H2,29,30,31)/t19?,21-,22-,26-/m0/s1. The van der Waals surface area contributed by atoms with Crippen LogP contribution in [0.1, 0.15) is 49.0 Å². The summed E-state index contributed by atoms with van der Waals surface area (Å²) in [4.78, 5) is 13.3. The number of halogens is 1. The number of hydrogen-bond acceptors (Lipinski definition) is 7. The molecule has 35 heavy (non-hydrogen) atoms. The number of hydrogen-bond donors (Lipinski definition) is 4. The Morgan fingerprint density at radius 3 is 2.80 bits per heavy atom. The Bertz CT molecular complexity index is 1470. The van der Waals surface area contributed by atoms with Crippen LogP contribution >= 0.6 is 15.9 Å². The number of aliphatic hydroxyl groups excluding tert-OH is 2. The van der Waals surface area contributed by atoms with Crippen molar-refractivity contribution in [2.75, 3.05) is 11.5 Å². The van der Waals surface area contributed by atoms with Gasteiger partial charge in [0.05, 0.1) is 27.5 Å². The first kappa shape index (κ1) is 22.7. The molecule has 1 unspecified atom stereocenters. The van der Waals surface area contributed by atoms with Gasteiger partial charge in [0.2, 0.25) is 0 Å². The first-order chi connectivity index (χ1) is 16.8. The van der Waals surface area contributed by atoms with E-state index in [-0.39, 0.29) is 6.04 Å². The highest BCUT2D eigenvalue weighted by atomic mass is 79.9. The Balaban J connectivity index is 1.30. The van der Waals surface area contributed by atoms with Gasteiger partial charge in [-0.1, -0.05) is 19.1 Å². The maximum atomic E-state index is 11.2. The van der Waals surface area contributed by atoms with E-state index in [4.69, 9.17) is 11.5 Å². The smallest absolute Gasteiger partial charge is 0.146 e. The maximum absolute atomic E-state index is 11.2. The minimum atomic E-state index is -0.882. The van der Waals surface area contributed by atoms with E-state index in [9.17, 15) is 10.2 Å². The maximum Gasteiger partial charge on any atom is 0.146 e. The number of aliphatic hydroxyl groups is 2. The van der Waals surface area contributed by atoms with E-state index in [0.29, 0.717) is 18.1 Å². The molecule has 0 radical (unpaired) electrons. The van der Waals surface area contributed by atoms with E-state index in [2.05, 4.69) is 54.5 Å². The van der Waals surface area contributed by atoms with Crippen molar-refractivity contribution in [3.8, 4) is 0 Å². The molecule has 0 saturated heterocycles. The molecule has 1 saturated carbocycles. The summed E-state index contributed by atoms with van der Waals surface area (Å²) in [5.74, 6) is 0.954. The van der Waals surface area contributed by atoms with Crippen LogP contribution in [-0.4, -0.2) is 41.9 Å². The lowest BCUT2D eigenvalue weighted by atomic mass is 9.80. The Kier molecular flexibility index (Phi) is 5.28. The van der Waals surface area contributed by atoms with Gasteiger partial charge in [-0.3, -0.25) is 0 Å². The zero-order valence-corrected chi connectivity index (χ0v) is 21.2. The van der Waals surface area contributed by atoms with Crippen LogP contribution in [0.15, 0.2) is 35.1 Å². The lowest BCUT2D eigenvalue weighted by Crippen LogP contribution is -2.35. The minimum Gasteiger partial charge on any atom is -0.390 e. The van der Waals surface area contributed by atoms with Crippen LogP contribution in [0.25, 0.3) is 21.9 Å². The van der Waals surface area contributed by atoms with Crippen LogP contribution in [0.3, 0.4) is 0 Å². The number of aryl methyl sites for hydroxylation is 2. The Morgan fingerprint density at radius 1 is 1.14 bits per heavy atom. The summed E-state index contributed by atoms with van der Waals surface area (Å²) >= 11 is 3.43. The van der Waals surface area contributed by atoms with Crippen molar-refractivity contribution in [3.63, 3.8) is 0 Å². The van der Waals surface area contributed by atoms with Gasteiger partial charge in [0.15, 0.2) is 0 Å². The van der Waals surface area contributed by atoms with Gasteiger partial charge in [-0.05, 0) is 83.1 Å². The highest BCUT2D eigenvalue weighted by Gasteiger charge is 2.51. The second kappa shape index (κ2) is 8.15. The molecular formula is C26H29BrN6O2. The molecule has 4 aromatic rings. The molecule has 2 aliphatic rings. The molecule has 2 aliphatic carbocycles. The second-order valence-corrected chi connectivity index (χ2v) is 11.2. The van der Waals surface area contributed by atoms with Gasteiger partial charge in [0, 0.05) is 11.1 Å². The lowest BCUT2D eigenvalue weighted by Gasteiger charge is -2.28. The SMILES string of the molecule is C[C@]1(CCc2ccc3cc(Br)c(N)nc3c2)CC(n2c3c(c4c(N)ncnc42)CCC3)[C@H](O)[C@@H]1O. The van der Waals surface area contributed by atoms with E-state index >= 15 is 0 Å². The Labute approximate surface area is 211 Å². The van der Waals surface area contributed by atoms with Crippen LogP contribution in [0.2, 0.25) is 0 Å². The highest BCUT2D eigenvalue weighted by molar-refractivity contribution is 9.10. The molecule has 0 amide bonds. The first-order valence-electron chi connectivity index (χ1n) is 12.1. The molecule has 4 atom stereocenters. The predicted molar refractivity (Wildman–Crippen MR) is 140 cm³/mol. The fourth-order valence-electron chi connectivity index (χ4n) is 6.23.